The van der Waals surface area contributed by atoms with Gasteiger partial charge in [-0.3, -0.25) is 9.48 Å². The molecule has 3 aromatic rings. The molecule has 0 spiro atoms. The van der Waals surface area contributed by atoms with Crippen molar-refractivity contribution in [3.8, 4) is 0 Å². The van der Waals surface area contributed by atoms with E-state index in [1.165, 1.54) is 6.08 Å². The van der Waals surface area contributed by atoms with E-state index >= 15 is 0 Å². The number of amides is 1. The molecule has 1 aromatic heterocycles. The van der Waals surface area contributed by atoms with Gasteiger partial charge in [0.2, 0.25) is 0 Å². The summed E-state index contributed by atoms with van der Waals surface area (Å²) < 4.78 is 1.80. The van der Waals surface area contributed by atoms with Gasteiger partial charge in [0.1, 0.15) is 0 Å². The lowest BCUT2D eigenvalue weighted by Gasteiger charge is -2.07. The molecule has 0 unspecified atom stereocenters. The van der Waals surface area contributed by atoms with Crippen LogP contribution in [0.25, 0.3) is 6.08 Å². The molecule has 5 heteroatoms. The molecule has 27 heavy (non-hydrogen) atoms. The number of hydrogen-bond acceptors (Lipinski definition) is 3. The van der Waals surface area contributed by atoms with Gasteiger partial charge in [-0.05, 0) is 19.9 Å². The minimum atomic E-state index is -0.290. The van der Waals surface area contributed by atoms with Crippen molar-refractivity contribution in [1.29, 1.82) is 0 Å². The first-order chi connectivity index (χ1) is 13.1. The molecule has 0 aliphatic carbocycles. The fourth-order valence-electron chi connectivity index (χ4n) is 2.83. The predicted molar refractivity (Wildman–Crippen MR) is 108 cm³/mol. The summed E-state index contributed by atoms with van der Waals surface area (Å²) >= 11 is 0. The third-order valence-corrected chi connectivity index (χ3v) is 4.34. The molecule has 0 saturated carbocycles. The highest BCUT2D eigenvalue weighted by Crippen LogP contribution is 2.13. The third-order valence-electron chi connectivity index (χ3n) is 4.34. The van der Waals surface area contributed by atoms with Crippen LogP contribution in [0, 0.1) is 13.8 Å². The summed E-state index contributed by atoms with van der Waals surface area (Å²) in [5.41, 5.74) is 8.06. The van der Waals surface area contributed by atoms with Crippen LogP contribution in [0.15, 0.2) is 71.8 Å². The maximum absolute atomic E-state index is 12.3. The lowest BCUT2D eigenvalue weighted by atomic mass is 10.0. The zero-order valence-electron chi connectivity index (χ0n) is 15.7. The summed E-state index contributed by atoms with van der Waals surface area (Å²) in [5, 5.41) is 8.72. The number of rotatable bonds is 5. The molecule has 136 valence electrons. The molecule has 1 amide bonds. The Morgan fingerprint density at radius 1 is 1.00 bits per heavy atom. The van der Waals surface area contributed by atoms with E-state index in [0.29, 0.717) is 5.71 Å². The van der Waals surface area contributed by atoms with Gasteiger partial charge in [-0.15, -0.1) is 0 Å². The quantitative estimate of drug-likeness (QED) is 0.430. The predicted octanol–water partition coefficient (Wildman–Crippen LogP) is 3.62. The number of hydrogen-bond donors (Lipinski definition) is 1. The second kappa shape index (κ2) is 8.27. The Morgan fingerprint density at radius 2 is 1.56 bits per heavy atom. The number of benzene rings is 2. The Morgan fingerprint density at radius 3 is 2.04 bits per heavy atom. The van der Waals surface area contributed by atoms with Gasteiger partial charge >= 0.3 is 0 Å². The van der Waals surface area contributed by atoms with Crippen LogP contribution in [0.2, 0.25) is 0 Å². The van der Waals surface area contributed by atoms with Gasteiger partial charge in [0.25, 0.3) is 5.91 Å². The summed E-state index contributed by atoms with van der Waals surface area (Å²) in [6.07, 6.45) is 3.25. The van der Waals surface area contributed by atoms with Gasteiger partial charge < -0.3 is 0 Å². The number of hydrazone groups is 1. The lowest BCUT2D eigenvalue weighted by molar-refractivity contribution is -0.116. The summed E-state index contributed by atoms with van der Waals surface area (Å²) in [4.78, 5) is 12.3. The maximum Gasteiger partial charge on any atom is 0.264 e. The molecule has 0 aliphatic heterocycles. The van der Waals surface area contributed by atoms with Crippen molar-refractivity contribution in [2.24, 2.45) is 12.1 Å². The smallest absolute Gasteiger partial charge is 0.264 e. The molecule has 2 aromatic carbocycles. The van der Waals surface area contributed by atoms with Crippen molar-refractivity contribution in [3.05, 3.63) is 94.8 Å². The number of carbonyl (C=O) groups is 1. The first-order valence-electron chi connectivity index (χ1n) is 8.73. The van der Waals surface area contributed by atoms with Gasteiger partial charge in [0.05, 0.1) is 11.4 Å². The molecule has 3 rings (SSSR count). The van der Waals surface area contributed by atoms with Crippen molar-refractivity contribution in [3.63, 3.8) is 0 Å². The van der Waals surface area contributed by atoms with Crippen LogP contribution < -0.4 is 5.43 Å². The largest absolute Gasteiger partial charge is 0.272 e. The monoisotopic (exact) mass is 358 g/mol. The minimum absolute atomic E-state index is 0.290. The van der Waals surface area contributed by atoms with Crippen LogP contribution in [0.3, 0.4) is 0 Å². The van der Waals surface area contributed by atoms with Crippen LogP contribution in [0.4, 0.5) is 0 Å². The number of nitrogens with one attached hydrogen (secondary N) is 1. The normalized spacial score (nSPS) is 10.8. The molecule has 0 saturated heterocycles. The Hall–Kier alpha value is -3.47. The zero-order chi connectivity index (χ0) is 19.2. The minimum Gasteiger partial charge on any atom is -0.272 e. The van der Waals surface area contributed by atoms with Gasteiger partial charge in [0.15, 0.2) is 0 Å². The average Bonchev–Trinajstić information content (AvgIpc) is 2.93. The van der Waals surface area contributed by atoms with Gasteiger partial charge in [0, 0.05) is 35.5 Å². The van der Waals surface area contributed by atoms with E-state index in [0.717, 1.165) is 28.1 Å². The van der Waals surface area contributed by atoms with Crippen LogP contribution >= 0.6 is 0 Å². The highest BCUT2D eigenvalue weighted by atomic mass is 16.2. The second-order valence-electron chi connectivity index (χ2n) is 6.21. The molecule has 1 heterocycles. The molecular weight excluding hydrogens is 336 g/mol. The molecular formula is C22H22N4O. The van der Waals surface area contributed by atoms with Crippen molar-refractivity contribution in [1.82, 2.24) is 15.2 Å². The molecule has 0 bridgehead atoms. The van der Waals surface area contributed by atoms with Crippen LogP contribution in [-0.4, -0.2) is 21.4 Å². The number of aryl methyl sites for hydroxylation is 2. The van der Waals surface area contributed by atoms with Crippen molar-refractivity contribution in [2.75, 3.05) is 0 Å². The molecule has 1 N–H and O–H groups in total. The third kappa shape index (κ3) is 4.39. The van der Waals surface area contributed by atoms with E-state index in [9.17, 15) is 4.79 Å². The van der Waals surface area contributed by atoms with Gasteiger partial charge in [-0.1, -0.05) is 60.7 Å². The molecule has 0 aliphatic rings. The summed E-state index contributed by atoms with van der Waals surface area (Å²) in [5.74, 6) is -0.290. The standard InChI is InChI=1S/C22H22N4O/c1-16-20(17(2)26(3)25-16)14-15-21(27)23-24-22(18-10-6-4-7-11-18)19-12-8-5-9-13-19/h4-15H,1-3H3,(H,23,27)/b15-14+. The average molecular weight is 358 g/mol. The second-order valence-corrected chi connectivity index (χ2v) is 6.21. The van der Waals surface area contributed by atoms with E-state index < -0.39 is 0 Å². The summed E-state index contributed by atoms with van der Waals surface area (Å²) in [6.45, 7) is 3.89. The number of carbonyl (C=O) groups excluding carboxylic acids is 1. The highest BCUT2D eigenvalue weighted by molar-refractivity contribution is 6.13. The molecule has 5 nitrogen and oxygen atoms in total. The Bertz CT molecular complexity index is 944. The zero-order valence-corrected chi connectivity index (χ0v) is 15.7. The fraction of sp³-hybridized carbons (Fsp3) is 0.136. The van der Waals surface area contributed by atoms with Crippen molar-refractivity contribution >= 4 is 17.7 Å². The highest BCUT2D eigenvalue weighted by Gasteiger charge is 2.08. The van der Waals surface area contributed by atoms with Crippen LogP contribution in [0.5, 0.6) is 0 Å². The number of aromatic nitrogens is 2. The van der Waals surface area contributed by atoms with Crippen LogP contribution in [0.1, 0.15) is 28.1 Å². The molecule has 0 radical (unpaired) electrons. The van der Waals surface area contributed by atoms with E-state index in [4.69, 9.17) is 0 Å². The Balaban J connectivity index is 1.82. The topological polar surface area (TPSA) is 59.3 Å². The fourth-order valence-corrected chi connectivity index (χ4v) is 2.83. The first kappa shape index (κ1) is 18.3. The van der Waals surface area contributed by atoms with Crippen molar-refractivity contribution < 1.29 is 4.79 Å². The SMILES string of the molecule is Cc1nn(C)c(C)c1/C=C/C(=O)NN=C(c1ccccc1)c1ccccc1. The number of nitrogens with zero attached hydrogens (tertiary/aromatic N) is 3. The molecule has 0 atom stereocenters. The molecule has 0 fully saturated rings. The van der Waals surface area contributed by atoms with Gasteiger partial charge in [-0.2, -0.15) is 10.2 Å². The van der Waals surface area contributed by atoms with Crippen molar-refractivity contribution in [2.45, 2.75) is 13.8 Å². The first-order valence-corrected chi connectivity index (χ1v) is 8.73. The summed E-state index contributed by atoms with van der Waals surface area (Å²) in [6, 6.07) is 19.6. The Labute approximate surface area is 159 Å². The van der Waals surface area contributed by atoms with Gasteiger partial charge in [-0.25, -0.2) is 5.43 Å². The van der Waals surface area contributed by atoms with E-state index in [1.807, 2.05) is 81.6 Å². The van der Waals surface area contributed by atoms with E-state index in [-0.39, 0.29) is 5.91 Å². The van der Waals surface area contributed by atoms with E-state index in [2.05, 4.69) is 15.6 Å². The maximum atomic E-state index is 12.3. The van der Waals surface area contributed by atoms with Crippen LogP contribution in [-0.2, 0) is 11.8 Å². The van der Waals surface area contributed by atoms with E-state index in [1.54, 1.807) is 10.8 Å². The lowest BCUT2D eigenvalue weighted by Crippen LogP contribution is -2.18. The Kier molecular flexibility index (Phi) is 5.61. The summed E-state index contributed by atoms with van der Waals surface area (Å²) in [7, 11) is 1.88.